The highest BCUT2D eigenvalue weighted by Crippen LogP contribution is 1.88. The number of rotatable bonds is 2. The van der Waals surface area contributed by atoms with Crippen LogP contribution in [-0.4, -0.2) is 5.88 Å². The maximum Gasteiger partial charge on any atom is 0.0232 e. The zero-order valence-corrected chi connectivity index (χ0v) is 6.54. The Kier molecular flexibility index (Phi) is 7.77. The molecule has 0 fully saturated rings. The maximum absolute atomic E-state index is 5.40. The van der Waals surface area contributed by atoms with Gasteiger partial charge in [0.1, 0.15) is 0 Å². The Hall–Kier alpha value is -0.120. The van der Waals surface area contributed by atoms with Crippen LogP contribution in [-0.2, 0) is 0 Å². The molecule has 0 N–H and O–H groups in total. The lowest BCUT2D eigenvalue weighted by Gasteiger charge is -1.79. The fourth-order valence-electron chi connectivity index (χ4n) is 0.318. The molecule has 0 aromatic heterocycles. The first kappa shape index (κ1) is 8.88. The van der Waals surface area contributed by atoms with Crippen LogP contribution in [0.15, 0.2) is 11.6 Å². The summed E-state index contributed by atoms with van der Waals surface area (Å²) in [4.78, 5) is 0. The van der Waals surface area contributed by atoms with Gasteiger partial charge in [0.2, 0.25) is 0 Å². The summed E-state index contributed by atoms with van der Waals surface area (Å²) in [6.45, 7) is 0. The third-order valence-corrected chi connectivity index (χ3v) is 1.08. The second kappa shape index (κ2) is 7.88. The summed E-state index contributed by atoms with van der Waals surface area (Å²) < 4.78 is 0. The van der Waals surface area contributed by atoms with E-state index in [1.807, 2.05) is 0 Å². The van der Waals surface area contributed by atoms with Gasteiger partial charge in [0.25, 0.3) is 0 Å². The molecule has 0 heterocycles. The summed E-state index contributed by atoms with van der Waals surface area (Å²) in [5.41, 5.74) is 1.40. The van der Waals surface area contributed by atoms with Crippen molar-refractivity contribution in [3.63, 3.8) is 0 Å². The van der Waals surface area contributed by atoms with E-state index in [4.69, 9.17) is 23.2 Å². The monoisotopic (exact) mass is 162 g/mol. The fraction of sp³-hybridized carbons (Fsp3) is 0.429. The number of hydrogen-bond acceptors (Lipinski definition) is 0. The molecule has 0 atom stereocenters. The van der Waals surface area contributed by atoms with Gasteiger partial charge >= 0.3 is 0 Å². The number of alkyl halides is 1. The summed E-state index contributed by atoms with van der Waals surface area (Å²) in [6, 6.07) is 0. The lowest BCUT2D eigenvalue weighted by molar-refractivity contribution is 0.992. The Bertz CT molecular complexity index is 128. The Morgan fingerprint density at radius 2 is 2.22 bits per heavy atom. The Morgan fingerprint density at radius 3 is 2.78 bits per heavy atom. The topological polar surface area (TPSA) is 0 Å². The van der Waals surface area contributed by atoms with Crippen molar-refractivity contribution in [1.29, 1.82) is 0 Å². The Labute approximate surface area is 65.8 Å². The smallest absolute Gasteiger partial charge is 0.0232 e. The van der Waals surface area contributed by atoms with E-state index in [9.17, 15) is 0 Å². The second-order valence-electron chi connectivity index (χ2n) is 1.41. The van der Waals surface area contributed by atoms with E-state index >= 15 is 0 Å². The molecular weight excluding hydrogens is 155 g/mol. The van der Waals surface area contributed by atoms with Gasteiger partial charge in [-0.2, -0.15) is 0 Å². The van der Waals surface area contributed by atoms with Crippen LogP contribution in [0.4, 0.5) is 0 Å². The number of halogens is 2. The molecule has 0 aromatic rings. The van der Waals surface area contributed by atoms with Crippen LogP contribution < -0.4 is 0 Å². The van der Waals surface area contributed by atoms with E-state index in [-0.39, 0.29) is 0 Å². The molecule has 0 amide bonds. The van der Waals surface area contributed by atoms with Gasteiger partial charge in [-0.25, -0.2) is 0 Å². The lowest BCUT2D eigenvalue weighted by Crippen LogP contribution is -1.69. The van der Waals surface area contributed by atoms with Gasteiger partial charge in [0.05, 0.1) is 0 Å². The number of allylic oxidation sites excluding steroid dienone is 1. The normalized spacial score (nSPS) is 9.11. The first-order valence-corrected chi connectivity index (χ1v) is 3.68. The summed E-state index contributed by atoms with van der Waals surface area (Å²) in [6.07, 6.45) is 3.41. The van der Waals surface area contributed by atoms with Crippen molar-refractivity contribution in [3.8, 4) is 11.8 Å². The van der Waals surface area contributed by atoms with E-state index in [0.29, 0.717) is 5.88 Å². The molecule has 0 saturated carbocycles. The van der Waals surface area contributed by atoms with Crippen molar-refractivity contribution < 1.29 is 0 Å². The van der Waals surface area contributed by atoms with Crippen molar-refractivity contribution in [1.82, 2.24) is 0 Å². The molecule has 0 nitrogen and oxygen atoms in total. The van der Waals surface area contributed by atoms with Gasteiger partial charge in [-0.3, -0.25) is 0 Å². The standard InChI is InChI=1S/C7H8Cl2/c8-6-4-2-1-3-5-7-9/h5,7H,2,4,6H2/b7-5-. The van der Waals surface area contributed by atoms with E-state index in [1.54, 1.807) is 6.08 Å². The van der Waals surface area contributed by atoms with Gasteiger partial charge in [-0.1, -0.05) is 23.4 Å². The van der Waals surface area contributed by atoms with Crippen molar-refractivity contribution in [2.75, 3.05) is 5.88 Å². The average molecular weight is 163 g/mol. The summed E-state index contributed by atoms with van der Waals surface area (Å²) >= 11 is 10.6. The molecule has 0 radical (unpaired) electrons. The molecule has 9 heavy (non-hydrogen) atoms. The maximum atomic E-state index is 5.40. The lowest BCUT2D eigenvalue weighted by atomic mass is 10.3. The minimum atomic E-state index is 0.680. The first-order valence-electron chi connectivity index (χ1n) is 2.71. The van der Waals surface area contributed by atoms with Gasteiger partial charge in [0, 0.05) is 17.8 Å². The molecule has 0 aliphatic rings. The second-order valence-corrected chi connectivity index (χ2v) is 2.04. The molecule has 0 spiro atoms. The molecule has 0 aliphatic heterocycles. The quantitative estimate of drug-likeness (QED) is 0.333. The number of hydrogen-bond donors (Lipinski definition) is 0. The third kappa shape index (κ3) is 7.88. The minimum absolute atomic E-state index is 0.680. The average Bonchev–Trinajstić information content (AvgIpc) is 1.89. The van der Waals surface area contributed by atoms with Crippen LogP contribution in [0.1, 0.15) is 12.8 Å². The Balaban J connectivity index is 3.16. The Morgan fingerprint density at radius 1 is 1.44 bits per heavy atom. The van der Waals surface area contributed by atoms with E-state index in [1.165, 1.54) is 5.54 Å². The molecule has 0 bridgehead atoms. The van der Waals surface area contributed by atoms with E-state index in [0.717, 1.165) is 12.8 Å². The highest BCUT2D eigenvalue weighted by Gasteiger charge is 1.75. The minimum Gasteiger partial charge on any atom is -0.127 e. The summed E-state index contributed by atoms with van der Waals surface area (Å²) in [5.74, 6) is 6.31. The predicted octanol–water partition coefficient (Wildman–Crippen LogP) is 2.76. The first-order chi connectivity index (χ1) is 4.41. The van der Waals surface area contributed by atoms with Crippen LogP contribution in [0.3, 0.4) is 0 Å². The van der Waals surface area contributed by atoms with Crippen molar-refractivity contribution in [2.45, 2.75) is 12.8 Å². The molecule has 50 valence electrons. The zero-order chi connectivity index (χ0) is 6.95. The number of unbranched alkanes of at least 4 members (excludes halogenated alkanes) is 1. The van der Waals surface area contributed by atoms with Crippen LogP contribution in [0, 0.1) is 11.8 Å². The highest BCUT2D eigenvalue weighted by molar-refractivity contribution is 6.25. The van der Waals surface area contributed by atoms with Gasteiger partial charge in [-0.15, -0.1) is 11.6 Å². The molecular formula is C7H8Cl2. The molecule has 2 heteroatoms. The van der Waals surface area contributed by atoms with Crippen molar-refractivity contribution >= 4 is 23.2 Å². The molecule has 0 unspecified atom stereocenters. The fourth-order valence-corrected chi connectivity index (χ4v) is 0.514. The van der Waals surface area contributed by atoms with Gasteiger partial charge in [0.15, 0.2) is 0 Å². The van der Waals surface area contributed by atoms with Crippen molar-refractivity contribution in [2.24, 2.45) is 0 Å². The molecule has 0 aliphatic carbocycles. The molecule has 0 saturated heterocycles. The zero-order valence-electron chi connectivity index (χ0n) is 5.03. The van der Waals surface area contributed by atoms with Crippen LogP contribution >= 0.6 is 23.2 Å². The van der Waals surface area contributed by atoms with Crippen LogP contribution in [0.2, 0.25) is 0 Å². The van der Waals surface area contributed by atoms with Gasteiger partial charge in [-0.05, 0) is 12.5 Å². The van der Waals surface area contributed by atoms with Crippen LogP contribution in [0.25, 0.3) is 0 Å². The summed E-state index contributed by atoms with van der Waals surface area (Å²) in [5, 5.41) is 0. The van der Waals surface area contributed by atoms with Crippen molar-refractivity contribution in [3.05, 3.63) is 11.6 Å². The van der Waals surface area contributed by atoms with Crippen LogP contribution in [0.5, 0.6) is 0 Å². The van der Waals surface area contributed by atoms with E-state index < -0.39 is 0 Å². The largest absolute Gasteiger partial charge is 0.127 e. The SMILES string of the molecule is Cl/C=C\C#CCCCCl. The molecule has 0 aromatic carbocycles. The highest BCUT2D eigenvalue weighted by atomic mass is 35.5. The van der Waals surface area contributed by atoms with Gasteiger partial charge < -0.3 is 0 Å². The third-order valence-electron chi connectivity index (χ3n) is 0.684. The molecule has 0 rings (SSSR count). The van der Waals surface area contributed by atoms with E-state index in [2.05, 4.69) is 11.8 Å². The summed E-state index contributed by atoms with van der Waals surface area (Å²) in [7, 11) is 0. The predicted molar refractivity (Wildman–Crippen MR) is 42.7 cm³/mol.